The van der Waals surface area contributed by atoms with Gasteiger partial charge in [-0.25, -0.2) is 0 Å². The second-order valence-corrected chi connectivity index (χ2v) is 2.31. The predicted octanol–water partition coefficient (Wildman–Crippen LogP) is 2.61. The van der Waals surface area contributed by atoms with Gasteiger partial charge in [0.25, 0.3) is 0 Å². The summed E-state index contributed by atoms with van der Waals surface area (Å²) < 4.78 is 0. The summed E-state index contributed by atoms with van der Waals surface area (Å²) >= 11 is 11.1. The van der Waals surface area contributed by atoms with Crippen molar-refractivity contribution in [1.29, 1.82) is 0 Å². The van der Waals surface area contributed by atoms with E-state index in [0.29, 0.717) is 0 Å². The molecule has 0 aromatic heterocycles. The molecule has 0 nitrogen and oxygen atoms in total. The third-order valence-electron chi connectivity index (χ3n) is 0.804. The molecule has 0 fully saturated rings. The second-order valence-electron chi connectivity index (χ2n) is 1.44. The van der Waals surface area contributed by atoms with Crippen molar-refractivity contribution in [1.82, 2.24) is 0 Å². The summed E-state index contributed by atoms with van der Waals surface area (Å²) in [6.45, 7) is 0. The fourth-order valence-corrected chi connectivity index (χ4v) is 0.682. The van der Waals surface area contributed by atoms with Gasteiger partial charge in [0.15, 0.2) is 0 Å². The standard InChI is InChI=1S/C6H4Cl2.K/c7-5-1-2-6(8)4-3-5;/h1-4H;. The Kier molecular flexibility index (Phi) is 5.95. The molecule has 0 atom stereocenters. The molecule has 1 aromatic carbocycles. The zero-order valence-electron chi connectivity index (χ0n) is 5.07. The first-order chi connectivity index (χ1) is 3.79. The molecule has 1 aromatic rings. The summed E-state index contributed by atoms with van der Waals surface area (Å²) in [5, 5.41) is 1.43. The summed E-state index contributed by atoms with van der Waals surface area (Å²) in [5.41, 5.74) is 0. The fourth-order valence-electron chi connectivity index (χ4n) is 0.430. The van der Waals surface area contributed by atoms with E-state index in [2.05, 4.69) is 0 Å². The molecule has 1 rings (SSSR count). The minimum atomic E-state index is 0. The fraction of sp³-hybridized carbons (Fsp3) is 0. The van der Waals surface area contributed by atoms with Crippen LogP contribution in [-0.4, -0.2) is 51.4 Å². The molecular weight excluding hydrogens is 182 g/mol. The van der Waals surface area contributed by atoms with E-state index in [1.54, 1.807) is 24.3 Å². The van der Waals surface area contributed by atoms with Crippen LogP contribution in [0.3, 0.4) is 0 Å². The zero-order chi connectivity index (χ0) is 5.98. The van der Waals surface area contributed by atoms with E-state index >= 15 is 0 Å². The van der Waals surface area contributed by atoms with Crippen LogP contribution in [0.5, 0.6) is 0 Å². The van der Waals surface area contributed by atoms with Crippen molar-refractivity contribution in [2.75, 3.05) is 0 Å². The van der Waals surface area contributed by atoms with Gasteiger partial charge in [-0.05, 0) is 24.3 Å². The Bertz CT molecular complexity index is 150. The van der Waals surface area contributed by atoms with E-state index in [4.69, 9.17) is 23.2 Å². The van der Waals surface area contributed by atoms with Crippen LogP contribution >= 0.6 is 23.2 Å². The first kappa shape index (κ1) is 10.4. The quantitative estimate of drug-likeness (QED) is 0.546. The Morgan fingerprint density at radius 1 is 0.778 bits per heavy atom. The van der Waals surface area contributed by atoms with Crippen LogP contribution in [0.4, 0.5) is 0 Å². The first-order valence-corrected chi connectivity index (χ1v) is 2.96. The van der Waals surface area contributed by atoms with Crippen molar-refractivity contribution in [3.8, 4) is 0 Å². The third kappa shape index (κ3) is 3.99. The molecule has 9 heavy (non-hydrogen) atoms. The number of hydrogen-bond acceptors (Lipinski definition) is 0. The van der Waals surface area contributed by atoms with Gasteiger partial charge in [0, 0.05) is 61.4 Å². The van der Waals surface area contributed by atoms with Gasteiger partial charge < -0.3 is 0 Å². The Balaban J connectivity index is 0.000000640. The molecular formula is C6H4Cl2K. The normalized spacial score (nSPS) is 8.22. The molecule has 3 heteroatoms. The van der Waals surface area contributed by atoms with Crippen molar-refractivity contribution < 1.29 is 0 Å². The monoisotopic (exact) mass is 185 g/mol. The molecule has 0 unspecified atom stereocenters. The summed E-state index contributed by atoms with van der Waals surface area (Å²) in [7, 11) is 0. The van der Waals surface area contributed by atoms with Gasteiger partial charge in [-0.15, -0.1) is 0 Å². The van der Waals surface area contributed by atoms with Crippen LogP contribution in [-0.2, 0) is 0 Å². The molecule has 0 aliphatic carbocycles. The Labute approximate surface area is 107 Å². The molecule has 0 amide bonds. The average molecular weight is 186 g/mol. The van der Waals surface area contributed by atoms with Crippen LogP contribution in [0.15, 0.2) is 24.3 Å². The maximum absolute atomic E-state index is 5.55. The number of halogens is 2. The molecule has 43 valence electrons. The minimum Gasteiger partial charge on any atom is -0.0843 e. The van der Waals surface area contributed by atoms with Gasteiger partial charge >= 0.3 is 0 Å². The van der Waals surface area contributed by atoms with E-state index in [9.17, 15) is 0 Å². The largest absolute Gasteiger partial charge is 0.0843 e. The van der Waals surface area contributed by atoms with Crippen molar-refractivity contribution in [3.63, 3.8) is 0 Å². The molecule has 0 spiro atoms. The molecule has 0 saturated carbocycles. The van der Waals surface area contributed by atoms with Crippen molar-refractivity contribution in [3.05, 3.63) is 34.3 Å². The van der Waals surface area contributed by atoms with Gasteiger partial charge in [-0.2, -0.15) is 0 Å². The Hall–Kier alpha value is 1.44. The molecule has 0 N–H and O–H groups in total. The number of rotatable bonds is 0. The van der Waals surface area contributed by atoms with Crippen LogP contribution in [0.25, 0.3) is 0 Å². The van der Waals surface area contributed by atoms with E-state index < -0.39 is 0 Å². The van der Waals surface area contributed by atoms with E-state index in [0.717, 1.165) is 10.0 Å². The van der Waals surface area contributed by atoms with Crippen molar-refractivity contribution in [2.24, 2.45) is 0 Å². The SMILES string of the molecule is Clc1ccc(Cl)cc1.[K]. The zero-order valence-corrected chi connectivity index (χ0v) is 9.70. The van der Waals surface area contributed by atoms with Gasteiger partial charge in [-0.3, -0.25) is 0 Å². The van der Waals surface area contributed by atoms with Crippen LogP contribution in [0, 0.1) is 0 Å². The van der Waals surface area contributed by atoms with Crippen molar-refractivity contribution >= 4 is 74.6 Å². The molecule has 0 saturated heterocycles. The summed E-state index contributed by atoms with van der Waals surface area (Å²) in [6, 6.07) is 7.02. The topological polar surface area (TPSA) is 0 Å². The second kappa shape index (κ2) is 5.13. The first-order valence-electron chi connectivity index (χ1n) is 2.20. The van der Waals surface area contributed by atoms with Crippen LogP contribution < -0.4 is 0 Å². The maximum atomic E-state index is 5.55. The van der Waals surface area contributed by atoms with Gasteiger partial charge in [0.2, 0.25) is 0 Å². The average Bonchev–Trinajstić information content (AvgIpc) is 1.77. The molecule has 1 radical (unpaired) electrons. The summed E-state index contributed by atoms with van der Waals surface area (Å²) in [5.74, 6) is 0. The maximum Gasteiger partial charge on any atom is 0.0407 e. The van der Waals surface area contributed by atoms with Gasteiger partial charge in [-0.1, -0.05) is 23.2 Å². The molecule has 0 heterocycles. The third-order valence-corrected chi connectivity index (χ3v) is 1.31. The summed E-state index contributed by atoms with van der Waals surface area (Å²) in [4.78, 5) is 0. The predicted molar refractivity (Wildman–Crippen MR) is 42.2 cm³/mol. The van der Waals surface area contributed by atoms with Crippen molar-refractivity contribution in [2.45, 2.75) is 0 Å². The van der Waals surface area contributed by atoms with E-state index in [-0.39, 0.29) is 51.4 Å². The van der Waals surface area contributed by atoms with Gasteiger partial charge in [0.05, 0.1) is 0 Å². The molecule has 0 aliphatic rings. The smallest absolute Gasteiger partial charge is 0.0407 e. The summed E-state index contributed by atoms with van der Waals surface area (Å²) in [6.07, 6.45) is 0. The Morgan fingerprint density at radius 2 is 1.00 bits per heavy atom. The van der Waals surface area contributed by atoms with E-state index in [1.807, 2.05) is 0 Å². The van der Waals surface area contributed by atoms with E-state index in [1.165, 1.54) is 0 Å². The minimum absolute atomic E-state index is 0. The van der Waals surface area contributed by atoms with Crippen LogP contribution in [0.2, 0.25) is 10.0 Å². The number of hydrogen-bond donors (Lipinski definition) is 0. The van der Waals surface area contributed by atoms with Gasteiger partial charge in [0.1, 0.15) is 0 Å². The molecule has 0 aliphatic heterocycles. The van der Waals surface area contributed by atoms with Crippen LogP contribution in [0.1, 0.15) is 0 Å². The molecule has 0 bridgehead atoms. The number of benzene rings is 1. The Morgan fingerprint density at radius 3 is 1.22 bits per heavy atom.